The molecule has 4 nitrogen and oxygen atoms in total. The molecule has 0 atom stereocenters. The maximum atomic E-state index is 5.52. The number of benzene rings is 1. The lowest BCUT2D eigenvalue weighted by molar-refractivity contribution is 0.140. The van der Waals surface area contributed by atoms with Gasteiger partial charge >= 0.3 is 8.80 Å². The van der Waals surface area contributed by atoms with Gasteiger partial charge in [0.1, 0.15) is 0 Å². The van der Waals surface area contributed by atoms with E-state index in [1.807, 2.05) is 12.1 Å². The minimum Gasteiger partial charge on any atom is -0.373 e. The fourth-order valence-electron chi connectivity index (χ4n) is 2.47. The molecule has 1 aliphatic heterocycles. The molecule has 0 aromatic heterocycles. The summed E-state index contributed by atoms with van der Waals surface area (Å²) in [7, 11) is 2.22. The summed E-state index contributed by atoms with van der Waals surface area (Å²) in [5.74, 6) is 0. The van der Waals surface area contributed by atoms with Gasteiger partial charge in [0, 0.05) is 45.3 Å². The molecule has 0 N–H and O–H groups in total. The van der Waals surface area contributed by atoms with E-state index in [1.54, 1.807) is 21.3 Å². The van der Waals surface area contributed by atoms with E-state index in [1.165, 1.54) is 18.5 Å². The van der Waals surface area contributed by atoms with Crippen molar-refractivity contribution in [3.05, 3.63) is 24.3 Å². The first-order chi connectivity index (χ1) is 8.75. The molecule has 100 valence electrons. The molecule has 0 spiro atoms. The molecule has 1 saturated heterocycles. The largest absolute Gasteiger partial charge is 0.536 e. The molecule has 1 heterocycles. The maximum Gasteiger partial charge on any atom is 0.536 e. The third-order valence-corrected chi connectivity index (χ3v) is 6.11. The standard InChI is InChI=1S/C13H21NO3Si/c1-15-18(16-2,17-3)13-8-6-7-12(11-13)14-9-4-5-10-14/h6-8,11H,4-5,9-10H2,1-3H3. The Balaban J connectivity index is 2.30. The summed E-state index contributed by atoms with van der Waals surface area (Å²) in [5, 5.41) is 1.01. The lowest BCUT2D eigenvalue weighted by Gasteiger charge is -2.26. The summed E-state index contributed by atoms with van der Waals surface area (Å²) >= 11 is 0. The van der Waals surface area contributed by atoms with Crippen LogP contribution in [0.1, 0.15) is 12.8 Å². The van der Waals surface area contributed by atoms with Gasteiger partial charge in [-0.15, -0.1) is 0 Å². The Morgan fingerprint density at radius 2 is 1.61 bits per heavy atom. The average molecular weight is 267 g/mol. The molecule has 0 amide bonds. The van der Waals surface area contributed by atoms with Gasteiger partial charge in [-0.25, -0.2) is 0 Å². The van der Waals surface area contributed by atoms with Gasteiger partial charge in [0.25, 0.3) is 0 Å². The van der Waals surface area contributed by atoms with Crippen molar-refractivity contribution in [1.82, 2.24) is 0 Å². The Kier molecular flexibility index (Phi) is 4.39. The number of rotatable bonds is 5. The van der Waals surface area contributed by atoms with Crippen LogP contribution in [-0.2, 0) is 13.3 Å². The molecule has 1 aliphatic rings. The average Bonchev–Trinajstić information content (AvgIpc) is 2.96. The fraction of sp³-hybridized carbons (Fsp3) is 0.538. The molecule has 18 heavy (non-hydrogen) atoms. The van der Waals surface area contributed by atoms with Crippen molar-refractivity contribution >= 4 is 19.7 Å². The van der Waals surface area contributed by atoms with Crippen molar-refractivity contribution in [2.75, 3.05) is 39.3 Å². The van der Waals surface area contributed by atoms with Gasteiger partial charge in [-0.2, -0.15) is 0 Å². The van der Waals surface area contributed by atoms with E-state index in [0.717, 1.165) is 18.3 Å². The van der Waals surface area contributed by atoms with Crippen LogP contribution in [0.15, 0.2) is 24.3 Å². The van der Waals surface area contributed by atoms with Gasteiger partial charge in [0.15, 0.2) is 0 Å². The summed E-state index contributed by atoms with van der Waals surface area (Å²) < 4.78 is 16.5. The predicted molar refractivity (Wildman–Crippen MR) is 74.3 cm³/mol. The molecule has 5 heteroatoms. The SMILES string of the molecule is CO[Si](OC)(OC)c1cccc(N2CCCC2)c1. The van der Waals surface area contributed by atoms with Crippen LogP contribution in [0, 0.1) is 0 Å². The molecule has 0 aliphatic carbocycles. The van der Waals surface area contributed by atoms with Crippen LogP contribution < -0.4 is 10.1 Å². The first-order valence-corrected chi connectivity index (χ1v) is 7.99. The highest BCUT2D eigenvalue weighted by Gasteiger charge is 2.41. The van der Waals surface area contributed by atoms with E-state index in [4.69, 9.17) is 13.3 Å². The van der Waals surface area contributed by atoms with Gasteiger partial charge in [0.2, 0.25) is 0 Å². The highest BCUT2D eigenvalue weighted by Crippen LogP contribution is 2.20. The van der Waals surface area contributed by atoms with E-state index in [2.05, 4.69) is 17.0 Å². The summed E-state index contributed by atoms with van der Waals surface area (Å²) in [6.45, 7) is 2.26. The number of nitrogens with zero attached hydrogens (tertiary/aromatic N) is 1. The second-order valence-electron chi connectivity index (χ2n) is 4.41. The molecule has 1 fully saturated rings. The highest BCUT2D eigenvalue weighted by molar-refractivity contribution is 6.75. The van der Waals surface area contributed by atoms with Crippen LogP contribution in [0.5, 0.6) is 0 Å². The number of hydrogen-bond acceptors (Lipinski definition) is 4. The Morgan fingerprint density at radius 1 is 1.00 bits per heavy atom. The van der Waals surface area contributed by atoms with Crippen LogP contribution in [0.4, 0.5) is 5.69 Å². The number of hydrogen-bond donors (Lipinski definition) is 0. The zero-order chi connectivity index (χ0) is 13.0. The molecule has 0 saturated carbocycles. The van der Waals surface area contributed by atoms with Gasteiger partial charge in [-0.05, 0) is 25.0 Å². The molecule has 1 aromatic rings. The van der Waals surface area contributed by atoms with Crippen molar-refractivity contribution in [2.45, 2.75) is 12.8 Å². The van der Waals surface area contributed by atoms with Crippen LogP contribution in [0.2, 0.25) is 0 Å². The maximum absolute atomic E-state index is 5.52. The second kappa shape index (κ2) is 5.84. The van der Waals surface area contributed by atoms with Gasteiger partial charge < -0.3 is 18.2 Å². The van der Waals surface area contributed by atoms with Crippen LogP contribution in [-0.4, -0.2) is 43.2 Å². The van der Waals surface area contributed by atoms with Crippen molar-refractivity contribution in [3.63, 3.8) is 0 Å². The number of anilines is 1. The minimum absolute atomic E-state index is 1.01. The van der Waals surface area contributed by atoms with Gasteiger partial charge in [0.05, 0.1) is 0 Å². The summed E-state index contributed by atoms with van der Waals surface area (Å²) in [4.78, 5) is 2.39. The summed E-state index contributed by atoms with van der Waals surface area (Å²) in [6, 6.07) is 8.33. The quantitative estimate of drug-likeness (QED) is 0.754. The first-order valence-electron chi connectivity index (χ1n) is 6.26. The van der Waals surface area contributed by atoms with Crippen LogP contribution in [0.25, 0.3) is 0 Å². The molecule has 1 aromatic carbocycles. The molecular weight excluding hydrogens is 246 g/mol. The second-order valence-corrected chi connectivity index (χ2v) is 7.33. The molecule has 0 radical (unpaired) electrons. The zero-order valence-electron chi connectivity index (χ0n) is 11.3. The van der Waals surface area contributed by atoms with E-state index in [0.29, 0.717) is 0 Å². The smallest absolute Gasteiger partial charge is 0.373 e. The third kappa shape index (κ3) is 2.44. The third-order valence-electron chi connectivity index (χ3n) is 3.48. The fourth-order valence-corrected chi connectivity index (χ4v) is 4.30. The van der Waals surface area contributed by atoms with Gasteiger partial charge in [-0.1, -0.05) is 12.1 Å². The molecular formula is C13H21NO3Si. The van der Waals surface area contributed by atoms with Gasteiger partial charge in [-0.3, -0.25) is 0 Å². The zero-order valence-corrected chi connectivity index (χ0v) is 12.3. The normalized spacial score (nSPS) is 16.3. The lowest BCUT2D eigenvalue weighted by atomic mass is 10.3. The van der Waals surface area contributed by atoms with E-state index < -0.39 is 8.80 Å². The van der Waals surface area contributed by atoms with Crippen molar-refractivity contribution < 1.29 is 13.3 Å². The van der Waals surface area contributed by atoms with E-state index >= 15 is 0 Å². The Labute approximate surface area is 110 Å². The van der Waals surface area contributed by atoms with Crippen molar-refractivity contribution in [2.24, 2.45) is 0 Å². The monoisotopic (exact) mass is 267 g/mol. The Morgan fingerprint density at radius 3 is 2.17 bits per heavy atom. The summed E-state index contributed by atoms with van der Waals surface area (Å²) in [6.07, 6.45) is 2.54. The minimum atomic E-state index is -2.70. The first kappa shape index (κ1) is 13.5. The van der Waals surface area contributed by atoms with Crippen molar-refractivity contribution in [3.8, 4) is 0 Å². The molecule has 0 bridgehead atoms. The van der Waals surface area contributed by atoms with Crippen molar-refractivity contribution in [1.29, 1.82) is 0 Å². The van der Waals surface area contributed by atoms with Crippen LogP contribution in [0.3, 0.4) is 0 Å². The topological polar surface area (TPSA) is 30.9 Å². The molecule has 2 rings (SSSR count). The molecule has 0 unspecified atom stereocenters. The Hall–Kier alpha value is -0.883. The summed E-state index contributed by atoms with van der Waals surface area (Å²) in [5.41, 5.74) is 1.23. The highest BCUT2D eigenvalue weighted by atomic mass is 28.4. The lowest BCUT2D eigenvalue weighted by Crippen LogP contribution is -2.54. The van der Waals surface area contributed by atoms with E-state index in [9.17, 15) is 0 Å². The van der Waals surface area contributed by atoms with Crippen LogP contribution >= 0.6 is 0 Å². The Bertz CT molecular complexity index is 381. The van der Waals surface area contributed by atoms with E-state index in [-0.39, 0.29) is 0 Å². The predicted octanol–water partition coefficient (Wildman–Crippen LogP) is 1.37.